The van der Waals surface area contributed by atoms with Crippen LogP contribution in [0.15, 0.2) is 24.3 Å². The Kier molecular flexibility index (Phi) is 6.13. The summed E-state index contributed by atoms with van der Waals surface area (Å²) in [6.07, 6.45) is 8.87. The number of benzene rings is 1. The number of carbonyl (C=O) groups excluding carboxylic acids is 1. The molecule has 1 aromatic rings. The molecule has 4 heteroatoms. The van der Waals surface area contributed by atoms with Crippen molar-refractivity contribution < 1.29 is 4.79 Å². The molecule has 0 aromatic heterocycles. The molecule has 1 aliphatic heterocycles. The van der Waals surface area contributed by atoms with E-state index in [4.69, 9.17) is 0 Å². The Labute approximate surface area is 146 Å². The third kappa shape index (κ3) is 4.50. The minimum Gasteiger partial charge on any atom is -0.370 e. The summed E-state index contributed by atoms with van der Waals surface area (Å²) in [6, 6.07) is 8.69. The number of hydrogen-bond acceptors (Lipinski definition) is 3. The maximum Gasteiger partial charge on any atom is 0.238 e. The van der Waals surface area contributed by atoms with E-state index in [9.17, 15) is 4.79 Å². The number of rotatable bonds is 5. The van der Waals surface area contributed by atoms with E-state index >= 15 is 0 Å². The smallest absolute Gasteiger partial charge is 0.238 e. The lowest BCUT2D eigenvalue weighted by Gasteiger charge is -2.31. The van der Waals surface area contributed by atoms with Crippen LogP contribution in [-0.2, 0) is 4.79 Å². The zero-order chi connectivity index (χ0) is 16.8. The lowest BCUT2D eigenvalue weighted by molar-refractivity contribution is -0.115. The monoisotopic (exact) mass is 329 g/mol. The number of piperidine rings is 1. The van der Waals surface area contributed by atoms with Crippen LogP contribution in [0.1, 0.15) is 51.9 Å². The molecule has 2 aliphatic rings. The highest BCUT2D eigenvalue weighted by Crippen LogP contribution is 2.28. The van der Waals surface area contributed by atoms with Gasteiger partial charge < -0.3 is 15.5 Å². The van der Waals surface area contributed by atoms with Crippen LogP contribution in [0.25, 0.3) is 0 Å². The summed E-state index contributed by atoms with van der Waals surface area (Å²) >= 11 is 0. The minimum absolute atomic E-state index is 0.0669. The van der Waals surface area contributed by atoms with Crippen LogP contribution in [-0.4, -0.2) is 31.6 Å². The molecule has 1 aliphatic carbocycles. The highest BCUT2D eigenvalue weighted by molar-refractivity contribution is 5.95. The van der Waals surface area contributed by atoms with Crippen molar-refractivity contribution in [3.63, 3.8) is 0 Å². The van der Waals surface area contributed by atoms with Gasteiger partial charge in [-0.05, 0) is 50.2 Å². The third-order valence-corrected chi connectivity index (χ3v) is 5.51. The first-order chi connectivity index (χ1) is 11.7. The number of carbonyl (C=O) groups is 1. The molecule has 1 saturated heterocycles. The van der Waals surface area contributed by atoms with Gasteiger partial charge in [0.25, 0.3) is 0 Å². The second kappa shape index (κ2) is 8.52. The van der Waals surface area contributed by atoms with E-state index in [0.717, 1.165) is 24.5 Å². The molecule has 0 spiro atoms. The summed E-state index contributed by atoms with van der Waals surface area (Å²) in [7, 11) is 0. The Morgan fingerprint density at radius 3 is 2.62 bits per heavy atom. The van der Waals surface area contributed by atoms with Crippen molar-refractivity contribution >= 4 is 17.3 Å². The molecule has 1 saturated carbocycles. The number of nitrogens with one attached hydrogen (secondary N) is 2. The fourth-order valence-corrected chi connectivity index (χ4v) is 4.03. The second-order valence-electron chi connectivity index (χ2n) is 7.36. The number of amides is 1. The predicted octanol–water partition coefficient (Wildman–Crippen LogP) is 3.78. The quantitative estimate of drug-likeness (QED) is 0.864. The Bertz CT molecular complexity index is 539. The minimum atomic E-state index is 0.0669. The molecule has 3 rings (SSSR count). The standard InChI is InChI=1S/C20H31N3O/c1-16-9-3-4-10-17(16)21-15-20(24)22-18-11-5-6-12-19(18)23-13-7-2-8-14-23/h5-6,11-12,16-17,21H,2-4,7-10,13-15H2,1H3,(H,22,24)/t16-,17-/m0/s1. The summed E-state index contributed by atoms with van der Waals surface area (Å²) in [6.45, 7) is 4.87. The van der Waals surface area contributed by atoms with Crippen LogP contribution in [0.2, 0.25) is 0 Å². The van der Waals surface area contributed by atoms with Crippen molar-refractivity contribution in [3.8, 4) is 0 Å². The van der Waals surface area contributed by atoms with Gasteiger partial charge in [-0.3, -0.25) is 4.79 Å². The molecule has 4 nitrogen and oxygen atoms in total. The molecular formula is C20H31N3O. The van der Waals surface area contributed by atoms with Crippen molar-refractivity contribution in [2.75, 3.05) is 29.9 Å². The molecule has 2 atom stereocenters. The van der Waals surface area contributed by atoms with Crippen LogP contribution >= 0.6 is 0 Å². The summed E-state index contributed by atoms with van der Waals surface area (Å²) in [5.74, 6) is 0.740. The lowest BCUT2D eigenvalue weighted by atomic mass is 9.86. The normalized spacial score (nSPS) is 24.6. The number of nitrogens with zero attached hydrogens (tertiary/aromatic N) is 1. The van der Waals surface area contributed by atoms with Gasteiger partial charge in [0, 0.05) is 19.1 Å². The summed E-state index contributed by atoms with van der Waals surface area (Å²) in [5, 5.41) is 6.58. The van der Waals surface area contributed by atoms with Gasteiger partial charge in [-0.15, -0.1) is 0 Å². The van der Waals surface area contributed by atoms with Gasteiger partial charge in [-0.25, -0.2) is 0 Å². The average molecular weight is 329 g/mol. The molecule has 0 radical (unpaired) electrons. The van der Waals surface area contributed by atoms with E-state index < -0.39 is 0 Å². The average Bonchev–Trinajstić information content (AvgIpc) is 2.62. The summed E-state index contributed by atoms with van der Waals surface area (Å²) < 4.78 is 0. The molecule has 0 unspecified atom stereocenters. The first-order valence-corrected chi connectivity index (χ1v) is 9.61. The molecule has 132 valence electrons. The van der Waals surface area contributed by atoms with Crippen LogP contribution in [0.5, 0.6) is 0 Å². The van der Waals surface area contributed by atoms with Crippen molar-refractivity contribution in [2.24, 2.45) is 5.92 Å². The number of anilines is 2. The largest absolute Gasteiger partial charge is 0.370 e. The van der Waals surface area contributed by atoms with Crippen LogP contribution in [0.4, 0.5) is 11.4 Å². The van der Waals surface area contributed by atoms with Gasteiger partial charge in [0.1, 0.15) is 0 Å². The van der Waals surface area contributed by atoms with Gasteiger partial charge in [0.15, 0.2) is 0 Å². The Morgan fingerprint density at radius 2 is 1.83 bits per heavy atom. The fraction of sp³-hybridized carbons (Fsp3) is 0.650. The molecule has 1 amide bonds. The van der Waals surface area contributed by atoms with Crippen LogP contribution in [0.3, 0.4) is 0 Å². The van der Waals surface area contributed by atoms with Crippen molar-refractivity contribution in [2.45, 2.75) is 57.9 Å². The first kappa shape index (κ1) is 17.3. The molecule has 1 heterocycles. The van der Waals surface area contributed by atoms with Gasteiger partial charge in [-0.2, -0.15) is 0 Å². The van der Waals surface area contributed by atoms with E-state index in [1.807, 2.05) is 12.1 Å². The predicted molar refractivity (Wildman–Crippen MR) is 101 cm³/mol. The van der Waals surface area contributed by atoms with Crippen molar-refractivity contribution in [1.29, 1.82) is 0 Å². The maximum atomic E-state index is 12.4. The molecule has 2 N–H and O–H groups in total. The second-order valence-corrected chi connectivity index (χ2v) is 7.36. The highest BCUT2D eigenvalue weighted by Gasteiger charge is 2.21. The van der Waals surface area contributed by atoms with Crippen LogP contribution < -0.4 is 15.5 Å². The third-order valence-electron chi connectivity index (χ3n) is 5.51. The highest BCUT2D eigenvalue weighted by atomic mass is 16.1. The lowest BCUT2D eigenvalue weighted by Crippen LogP contribution is -2.41. The van der Waals surface area contributed by atoms with E-state index in [0.29, 0.717) is 18.5 Å². The first-order valence-electron chi connectivity index (χ1n) is 9.61. The Balaban J connectivity index is 1.56. The topological polar surface area (TPSA) is 44.4 Å². The Morgan fingerprint density at radius 1 is 1.08 bits per heavy atom. The molecule has 1 aromatic carbocycles. The van der Waals surface area contributed by atoms with E-state index in [1.165, 1.54) is 44.9 Å². The number of hydrogen-bond donors (Lipinski definition) is 2. The van der Waals surface area contributed by atoms with Gasteiger partial charge in [0.05, 0.1) is 17.9 Å². The molecule has 24 heavy (non-hydrogen) atoms. The zero-order valence-corrected chi connectivity index (χ0v) is 14.9. The molecule has 2 fully saturated rings. The molecule has 0 bridgehead atoms. The summed E-state index contributed by atoms with van der Waals surface area (Å²) in [4.78, 5) is 14.8. The van der Waals surface area contributed by atoms with Gasteiger partial charge in [-0.1, -0.05) is 31.9 Å². The van der Waals surface area contributed by atoms with Crippen LogP contribution in [0, 0.1) is 5.92 Å². The van der Waals surface area contributed by atoms with E-state index in [1.54, 1.807) is 0 Å². The fourth-order valence-electron chi connectivity index (χ4n) is 4.03. The van der Waals surface area contributed by atoms with Crippen molar-refractivity contribution in [3.05, 3.63) is 24.3 Å². The maximum absolute atomic E-state index is 12.4. The van der Waals surface area contributed by atoms with E-state index in [-0.39, 0.29) is 5.91 Å². The van der Waals surface area contributed by atoms with E-state index in [2.05, 4.69) is 34.6 Å². The Hall–Kier alpha value is -1.55. The zero-order valence-electron chi connectivity index (χ0n) is 14.9. The van der Waals surface area contributed by atoms with Crippen molar-refractivity contribution in [1.82, 2.24) is 5.32 Å². The van der Waals surface area contributed by atoms with Gasteiger partial charge >= 0.3 is 0 Å². The molecular weight excluding hydrogens is 298 g/mol. The summed E-state index contributed by atoms with van der Waals surface area (Å²) in [5.41, 5.74) is 2.11. The SMILES string of the molecule is C[C@H]1CCCC[C@@H]1NCC(=O)Nc1ccccc1N1CCCCC1. The number of para-hydroxylation sites is 2. The van der Waals surface area contributed by atoms with Gasteiger partial charge in [0.2, 0.25) is 5.91 Å².